The maximum Gasteiger partial charge on any atom is 0.401 e. The molecular weight excluding hydrogens is 185 g/mol. The first-order valence-corrected chi connectivity index (χ1v) is 4.00. The summed E-state index contributed by atoms with van der Waals surface area (Å²) < 4.78 is 35.7. The van der Waals surface area contributed by atoms with E-state index in [0.29, 0.717) is 32.6 Å². The summed E-state index contributed by atoms with van der Waals surface area (Å²) in [5, 5.41) is 0. The number of amides is 1. The standard InChI is InChI=1S/C7H11F3N2O/c8-7(9,10)5-11-1-3-12(6-13)4-2-11/h6H,1-5H2. The van der Waals surface area contributed by atoms with Crippen LogP contribution in [0.1, 0.15) is 0 Å². The molecule has 1 heterocycles. The topological polar surface area (TPSA) is 23.6 Å². The quantitative estimate of drug-likeness (QED) is 0.594. The maximum absolute atomic E-state index is 11.9. The van der Waals surface area contributed by atoms with Gasteiger partial charge in [0.2, 0.25) is 6.41 Å². The predicted octanol–water partition coefficient (Wildman–Crippen LogP) is 0.323. The van der Waals surface area contributed by atoms with Gasteiger partial charge in [-0.15, -0.1) is 0 Å². The first kappa shape index (κ1) is 10.3. The Hall–Kier alpha value is -0.780. The summed E-state index contributed by atoms with van der Waals surface area (Å²) in [7, 11) is 0. The van der Waals surface area contributed by atoms with E-state index in [1.54, 1.807) is 0 Å². The van der Waals surface area contributed by atoms with Gasteiger partial charge in [0.05, 0.1) is 6.54 Å². The van der Waals surface area contributed by atoms with Crippen LogP contribution in [0.25, 0.3) is 0 Å². The number of piperazine rings is 1. The second-order valence-corrected chi connectivity index (χ2v) is 3.03. The van der Waals surface area contributed by atoms with E-state index >= 15 is 0 Å². The SMILES string of the molecule is O=CN1CCN(CC(F)(F)F)CC1. The molecule has 6 heteroatoms. The maximum atomic E-state index is 11.9. The Labute approximate surface area is 74.1 Å². The van der Waals surface area contributed by atoms with Crippen LogP contribution >= 0.6 is 0 Å². The van der Waals surface area contributed by atoms with Gasteiger partial charge in [-0.3, -0.25) is 9.69 Å². The van der Waals surface area contributed by atoms with E-state index in [9.17, 15) is 18.0 Å². The molecule has 0 saturated carbocycles. The van der Waals surface area contributed by atoms with Gasteiger partial charge in [-0.1, -0.05) is 0 Å². The van der Waals surface area contributed by atoms with Crippen molar-refractivity contribution in [2.24, 2.45) is 0 Å². The van der Waals surface area contributed by atoms with E-state index in [1.165, 1.54) is 9.80 Å². The lowest BCUT2D eigenvalue weighted by Crippen LogP contribution is -2.48. The number of hydrogen-bond donors (Lipinski definition) is 0. The van der Waals surface area contributed by atoms with Gasteiger partial charge in [-0.2, -0.15) is 13.2 Å². The van der Waals surface area contributed by atoms with Gasteiger partial charge in [-0.25, -0.2) is 0 Å². The lowest BCUT2D eigenvalue weighted by molar-refractivity contribution is -0.150. The van der Waals surface area contributed by atoms with E-state index in [0.717, 1.165) is 0 Å². The van der Waals surface area contributed by atoms with Gasteiger partial charge in [0, 0.05) is 26.2 Å². The zero-order chi connectivity index (χ0) is 9.90. The summed E-state index contributed by atoms with van der Waals surface area (Å²) in [6.45, 7) is 0.509. The first-order chi connectivity index (χ1) is 6.01. The van der Waals surface area contributed by atoms with Crippen molar-refractivity contribution in [1.82, 2.24) is 9.80 Å². The average molecular weight is 196 g/mol. The van der Waals surface area contributed by atoms with Crippen molar-refractivity contribution in [3.05, 3.63) is 0 Å². The highest BCUT2D eigenvalue weighted by atomic mass is 19.4. The summed E-state index contributed by atoms with van der Waals surface area (Å²) in [5.74, 6) is 0. The third kappa shape index (κ3) is 3.63. The molecule has 3 nitrogen and oxygen atoms in total. The molecule has 0 atom stereocenters. The number of carbonyl (C=O) groups excluding carboxylic acids is 1. The second kappa shape index (κ2) is 3.95. The Morgan fingerprint density at radius 3 is 2.08 bits per heavy atom. The van der Waals surface area contributed by atoms with Crippen LogP contribution in [0.15, 0.2) is 0 Å². The normalized spacial score (nSPS) is 20.4. The molecule has 0 aromatic heterocycles. The van der Waals surface area contributed by atoms with E-state index in [1.807, 2.05) is 0 Å². The predicted molar refractivity (Wildman–Crippen MR) is 40.1 cm³/mol. The van der Waals surface area contributed by atoms with Crippen LogP contribution in [-0.2, 0) is 4.79 Å². The molecule has 0 N–H and O–H groups in total. The number of rotatable bonds is 2. The van der Waals surface area contributed by atoms with Gasteiger partial charge in [0.25, 0.3) is 0 Å². The third-order valence-electron chi connectivity index (χ3n) is 1.96. The number of halogens is 3. The fourth-order valence-electron chi connectivity index (χ4n) is 1.28. The van der Waals surface area contributed by atoms with Crippen LogP contribution < -0.4 is 0 Å². The number of carbonyl (C=O) groups is 1. The molecule has 1 rings (SSSR count). The van der Waals surface area contributed by atoms with Crippen molar-refractivity contribution in [3.8, 4) is 0 Å². The molecule has 0 unspecified atom stereocenters. The molecule has 1 saturated heterocycles. The van der Waals surface area contributed by atoms with Gasteiger partial charge < -0.3 is 4.90 Å². The van der Waals surface area contributed by atoms with E-state index < -0.39 is 12.7 Å². The summed E-state index contributed by atoms with van der Waals surface area (Å²) in [5.41, 5.74) is 0. The molecule has 0 aromatic rings. The van der Waals surface area contributed by atoms with Gasteiger partial charge >= 0.3 is 6.18 Å². The van der Waals surface area contributed by atoms with Gasteiger partial charge in [0.1, 0.15) is 0 Å². The van der Waals surface area contributed by atoms with Crippen molar-refractivity contribution in [2.45, 2.75) is 6.18 Å². The molecular formula is C7H11F3N2O. The second-order valence-electron chi connectivity index (χ2n) is 3.03. The smallest absolute Gasteiger partial charge is 0.343 e. The lowest BCUT2D eigenvalue weighted by Gasteiger charge is -2.32. The summed E-state index contributed by atoms with van der Waals surface area (Å²) in [4.78, 5) is 13.0. The van der Waals surface area contributed by atoms with Crippen molar-refractivity contribution in [2.75, 3.05) is 32.7 Å². The van der Waals surface area contributed by atoms with Crippen LogP contribution in [0.2, 0.25) is 0 Å². The zero-order valence-corrected chi connectivity index (χ0v) is 7.05. The Morgan fingerprint density at radius 2 is 1.69 bits per heavy atom. The molecule has 1 aliphatic heterocycles. The lowest BCUT2D eigenvalue weighted by atomic mass is 10.3. The fourth-order valence-corrected chi connectivity index (χ4v) is 1.28. The molecule has 1 fully saturated rings. The fraction of sp³-hybridized carbons (Fsp3) is 0.857. The Kier molecular flexibility index (Phi) is 3.13. The first-order valence-electron chi connectivity index (χ1n) is 4.00. The third-order valence-corrected chi connectivity index (χ3v) is 1.96. The molecule has 0 bridgehead atoms. The largest absolute Gasteiger partial charge is 0.401 e. The van der Waals surface area contributed by atoms with E-state index in [-0.39, 0.29) is 0 Å². The average Bonchev–Trinajstić information content (AvgIpc) is 2.03. The molecule has 0 spiro atoms. The van der Waals surface area contributed by atoms with Crippen molar-refractivity contribution in [3.63, 3.8) is 0 Å². The van der Waals surface area contributed by atoms with Gasteiger partial charge in [-0.05, 0) is 0 Å². The summed E-state index contributed by atoms with van der Waals surface area (Å²) in [6.07, 6.45) is -3.46. The Balaban J connectivity index is 2.29. The minimum absolute atomic E-state index is 0.304. The minimum atomic E-state index is -4.14. The minimum Gasteiger partial charge on any atom is -0.343 e. The number of hydrogen-bond acceptors (Lipinski definition) is 2. The van der Waals surface area contributed by atoms with Crippen molar-refractivity contribution in [1.29, 1.82) is 0 Å². The van der Waals surface area contributed by atoms with Crippen LogP contribution in [-0.4, -0.2) is 55.1 Å². The highest BCUT2D eigenvalue weighted by Gasteiger charge is 2.31. The van der Waals surface area contributed by atoms with E-state index in [2.05, 4.69) is 0 Å². The van der Waals surface area contributed by atoms with Crippen LogP contribution in [0.5, 0.6) is 0 Å². The van der Waals surface area contributed by atoms with Crippen LogP contribution in [0.3, 0.4) is 0 Å². The molecule has 1 aliphatic rings. The van der Waals surface area contributed by atoms with Crippen LogP contribution in [0.4, 0.5) is 13.2 Å². The summed E-state index contributed by atoms with van der Waals surface area (Å²) >= 11 is 0. The summed E-state index contributed by atoms with van der Waals surface area (Å²) in [6, 6.07) is 0. The molecule has 1 amide bonds. The zero-order valence-electron chi connectivity index (χ0n) is 7.05. The highest BCUT2D eigenvalue weighted by molar-refractivity contribution is 5.47. The number of alkyl halides is 3. The van der Waals surface area contributed by atoms with Crippen LogP contribution in [0, 0.1) is 0 Å². The van der Waals surface area contributed by atoms with Crippen molar-refractivity contribution >= 4 is 6.41 Å². The molecule has 0 aromatic carbocycles. The monoisotopic (exact) mass is 196 g/mol. The molecule has 13 heavy (non-hydrogen) atoms. The Morgan fingerprint density at radius 1 is 1.15 bits per heavy atom. The highest BCUT2D eigenvalue weighted by Crippen LogP contribution is 2.17. The molecule has 0 radical (unpaired) electrons. The van der Waals surface area contributed by atoms with Gasteiger partial charge in [0.15, 0.2) is 0 Å². The molecule has 76 valence electrons. The molecule has 0 aliphatic carbocycles. The Bertz CT molecular complexity index is 175. The van der Waals surface area contributed by atoms with Crippen molar-refractivity contribution < 1.29 is 18.0 Å². The number of nitrogens with zero attached hydrogens (tertiary/aromatic N) is 2. The van der Waals surface area contributed by atoms with E-state index in [4.69, 9.17) is 0 Å².